The number of hydrogen-bond acceptors (Lipinski definition) is 2. The molecule has 17 heavy (non-hydrogen) atoms. The van der Waals surface area contributed by atoms with Crippen molar-refractivity contribution < 1.29 is 4.79 Å². The van der Waals surface area contributed by atoms with E-state index in [-0.39, 0.29) is 11.8 Å². The van der Waals surface area contributed by atoms with E-state index in [1.54, 1.807) is 24.3 Å². The van der Waals surface area contributed by atoms with Crippen molar-refractivity contribution in [1.82, 2.24) is 0 Å². The van der Waals surface area contributed by atoms with Crippen molar-refractivity contribution in [2.45, 2.75) is 26.2 Å². The maximum absolute atomic E-state index is 12.0. The highest BCUT2D eigenvalue weighted by molar-refractivity contribution is 5.92. The topological polar surface area (TPSA) is 52.9 Å². The standard InChI is InChI=1S/C14H16N2O/c1-10-3-2-4-13(10)14(17)16-12-7-5-11(9-15)6-8-12/h5-8,10,13H,2-4H2,1H3,(H,16,17). The molecule has 1 saturated carbocycles. The molecule has 3 nitrogen and oxygen atoms in total. The van der Waals surface area contributed by atoms with Gasteiger partial charge in [0, 0.05) is 11.6 Å². The fraction of sp³-hybridized carbons (Fsp3) is 0.429. The van der Waals surface area contributed by atoms with Gasteiger partial charge < -0.3 is 5.32 Å². The third-order valence-electron chi connectivity index (χ3n) is 3.48. The Morgan fingerprint density at radius 3 is 2.59 bits per heavy atom. The fourth-order valence-electron chi connectivity index (χ4n) is 2.40. The zero-order valence-corrected chi connectivity index (χ0v) is 9.94. The lowest BCUT2D eigenvalue weighted by Crippen LogP contribution is -2.24. The van der Waals surface area contributed by atoms with Gasteiger partial charge in [-0.3, -0.25) is 4.79 Å². The van der Waals surface area contributed by atoms with Crippen LogP contribution in [-0.2, 0) is 4.79 Å². The number of nitrogens with one attached hydrogen (secondary N) is 1. The molecule has 1 aliphatic carbocycles. The Morgan fingerprint density at radius 2 is 2.06 bits per heavy atom. The summed E-state index contributed by atoms with van der Waals surface area (Å²) in [4.78, 5) is 12.0. The van der Waals surface area contributed by atoms with Gasteiger partial charge in [-0.1, -0.05) is 13.3 Å². The first kappa shape index (κ1) is 11.7. The highest BCUT2D eigenvalue weighted by Gasteiger charge is 2.29. The Hall–Kier alpha value is -1.82. The number of nitriles is 1. The quantitative estimate of drug-likeness (QED) is 0.846. The Morgan fingerprint density at radius 1 is 1.35 bits per heavy atom. The summed E-state index contributed by atoms with van der Waals surface area (Å²) in [7, 11) is 0. The highest BCUT2D eigenvalue weighted by atomic mass is 16.1. The van der Waals surface area contributed by atoms with Crippen molar-refractivity contribution in [2.24, 2.45) is 11.8 Å². The number of amides is 1. The first-order valence-electron chi connectivity index (χ1n) is 6.01. The number of carbonyl (C=O) groups excluding carboxylic acids is 1. The maximum atomic E-state index is 12.0. The van der Waals surface area contributed by atoms with Crippen molar-refractivity contribution >= 4 is 11.6 Å². The summed E-state index contributed by atoms with van der Waals surface area (Å²) in [5, 5.41) is 11.6. The summed E-state index contributed by atoms with van der Waals surface area (Å²) in [5.74, 6) is 0.735. The van der Waals surface area contributed by atoms with Crippen molar-refractivity contribution in [1.29, 1.82) is 5.26 Å². The highest BCUT2D eigenvalue weighted by Crippen LogP contribution is 2.31. The van der Waals surface area contributed by atoms with E-state index in [1.807, 2.05) is 0 Å². The lowest BCUT2D eigenvalue weighted by molar-refractivity contribution is -0.120. The van der Waals surface area contributed by atoms with E-state index in [4.69, 9.17) is 5.26 Å². The lowest BCUT2D eigenvalue weighted by Gasteiger charge is -2.15. The second-order valence-corrected chi connectivity index (χ2v) is 4.69. The number of rotatable bonds is 2. The molecule has 0 heterocycles. The van der Waals surface area contributed by atoms with Gasteiger partial charge in [-0.15, -0.1) is 0 Å². The van der Waals surface area contributed by atoms with Gasteiger partial charge in [0.1, 0.15) is 0 Å². The van der Waals surface area contributed by atoms with Crippen LogP contribution < -0.4 is 5.32 Å². The Balaban J connectivity index is 2.00. The first-order chi connectivity index (χ1) is 8.20. The largest absolute Gasteiger partial charge is 0.326 e. The normalized spacial score (nSPS) is 23.1. The number of carbonyl (C=O) groups is 1. The first-order valence-corrected chi connectivity index (χ1v) is 6.01. The average Bonchev–Trinajstić information content (AvgIpc) is 2.76. The predicted molar refractivity (Wildman–Crippen MR) is 66.3 cm³/mol. The smallest absolute Gasteiger partial charge is 0.227 e. The molecule has 0 bridgehead atoms. The zero-order valence-electron chi connectivity index (χ0n) is 9.94. The molecule has 3 heteroatoms. The van der Waals surface area contributed by atoms with E-state index in [2.05, 4.69) is 18.3 Å². The molecule has 0 aromatic heterocycles. The average molecular weight is 228 g/mol. The van der Waals surface area contributed by atoms with Crippen LogP contribution in [-0.4, -0.2) is 5.91 Å². The predicted octanol–water partition coefficient (Wildman–Crippen LogP) is 2.93. The third kappa shape index (κ3) is 2.65. The van der Waals surface area contributed by atoms with Gasteiger partial charge in [0.05, 0.1) is 11.6 Å². The van der Waals surface area contributed by atoms with Crippen LogP contribution in [0.5, 0.6) is 0 Å². The van der Waals surface area contributed by atoms with Crippen LogP contribution in [0, 0.1) is 23.2 Å². The minimum absolute atomic E-state index is 0.111. The molecule has 1 fully saturated rings. The molecule has 1 aromatic rings. The van der Waals surface area contributed by atoms with Crippen LogP contribution in [0.25, 0.3) is 0 Å². The zero-order chi connectivity index (χ0) is 12.3. The van der Waals surface area contributed by atoms with Gasteiger partial charge in [-0.25, -0.2) is 0 Å². The molecule has 0 aliphatic heterocycles. The molecule has 1 amide bonds. The van der Waals surface area contributed by atoms with Gasteiger partial charge in [-0.05, 0) is 43.0 Å². The van der Waals surface area contributed by atoms with Crippen molar-refractivity contribution in [3.05, 3.63) is 29.8 Å². The number of hydrogen-bond donors (Lipinski definition) is 1. The molecule has 1 aliphatic rings. The van der Waals surface area contributed by atoms with E-state index in [0.29, 0.717) is 11.5 Å². The van der Waals surface area contributed by atoms with Crippen LogP contribution in [0.4, 0.5) is 5.69 Å². The molecule has 0 radical (unpaired) electrons. The summed E-state index contributed by atoms with van der Waals surface area (Å²) >= 11 is 0. The minimum Gasteiger partial charge on any atom is -0.326 e. The Labute approximate surface area is 101 Å². The SMILES string of the molecule is CC1CCCC1C(=O)Nc1ccc(C#N)cc1. The molecule has 2 atom stereocenters. The third-order valence-corrected chi connectivity index (χ3v) is 3.48. The van der Waals surface area contributed by atoms with Crippen molar-refractivity contribution in [2.75, 3.05) is 5.32 Å². The maximum Gasteiger partial charge on any atom is 0.227 e. The van der Waals surface area contributed by atoms with Crippen LogP contribution >= 0.6 is 0 Å². The van der Waals surface area contributed by atoms with E-state index < -0.39 is 0 Å². The molecule has 1 aromatic carbocycles. The minimum atomic E-state index is 0.111. The van der Waals surface area contributed by atoms with Gasteiger partial charge in [0.15, 0.2) is 0 Å². The van der Waals surface area contributed by atoms with Crippen molar-refractivity contribution in [3.63, 3.8) is 0 Å². The second-order valence-electron chi connectivity index (χ2n) is 4.69. The van der Waals surface area contributed by atoms with Crippen LogP contribution in [0.3, 0.4) is 0 Å². The van der Waals surface area contributed by atoms with E-state index >= 15 is 0 Å². The monoisotopic (exact) mass is 228 g/mol. The Bertz CT molecular complexity index is 444. The summed E-state index contributed by atoms with van der Waals surface area (Å²) < 4.78 is 0. The van der Waals surface area contributed by atoms with Crippen molar-refractivity contribution in [3.8, 4) is 6.07 Å². The molecular weight excluding hydrogens is 212 g/mol. The number of nitrogens with zero attached hydrogens (tertiary/aromatic N) is 1. The molecule has 0 saturated heterocycles. The van der Waals surface area contributed by atoms with Gasteiger partial charge in [-0.2, -0.15) is 5.26 Å². The lowest BCUT2D eigenvalue weighted by atomic mass is 9.97. The Kier molecular flexibility index (Phi) is 3.43. The van der Waals surface area contributed by atoms with E-state index in [9.17, 15) is 4.79 Å². The summed E-state index contributed by atoms with van der Waals surface area (Å²) in [6, 6.07) is 9.04. The second kappa shape index (κ2) is 5.01. The molecule has 2 rings (SSSR count). The van der Waals surface area contributed by atoms with E-state index in [0.717, 1.165) is 24.9 Å². The summed E-state index contributed by atoms with van der Waals surface area (Å²) in [6.07, 6.45) is 3.28. The molecular formula is C14H16N2O. The number of anilines is 1. The summed E-state index contributed by atoms with van der Waals surface area (Å²) in [5.41, 5.74) is 1.38. The molecule has 2 unspecified atom stereocenters. The molecule has 0 spiro atoms. The van der Waals surface area contributed by atoms with E-state index in [1.165, 1.54) is 0 Å². The van der Waals surface area contributed by atoms with Crippen LogP contribution in [0.2, 0.25) is 0 Å². The van der Waals surface area contributed by atoms with Gasteiger partial charge in [0.2, 0.25) is 5.91 Å². The van der Waals surface area contributed by atoms with Crippen LogP contribution in [0.15, 0.2) is 24.3 Å². The summed E-state index contributed by atoms with van der Waals surface area (Å²) in [6.45, 7) is 2.13. The number of benzene rings is 1. The molecule has 1 N–H and O–H groups in total. The van der Waals surface area contributed by atoms with Gasteiger partial charge >= 0.3 is 0 Å². The molecule has 88 valence electrons. The fourth-order valence-corrected chi connectivity index (χ4v) is 2.40. The van der Waals surface area contributed by atoms with Crippen LogP contribution in [0.1, 0.15) is 31.7 Å². The van der Waals surface area contributed by atoms with Gasteiger partial charge in [0.25, 0.3) is 0 Å².